The summed E-state index contributed by atoms with van der Waals surface area (Å²) in [5, 5.41) is 0. The highest BCUT2D eigenvalue weighted by molar-refractivity contribution is 14.1. The van der Waals surface area contributed by atoms with E-state index in [0.717, 1.165) is 7.16 Å². The molecule has 0 saturated heterocycles. The van der Waals surface area contributed by atoms with Crippen molar-refractivity contribution in [2.24, 2.45) is 0 Å². The van der Waals surface area contributed by atoms with Gasteiger partial charge in [-0.1, -0.05) is 11.8 Å². The predicted molar refractivity (Wildman–Crippen MR) is 90.6 cm³/mol. The molecule has 0 amide bonds. The number of halogens is 2. The van der Waals surface area contributed by atoms with Crippen LogP contribution in [-0.4, -0.2) is 25.4 Å². The molecule has 0 aromatic rings. The monoisotopic (exact) mass is 468 g/mol. The first-order valence-corrected chi connectivity index (χ1v) is 7.41. The fourth-order valence-corrected chi connectivity index (χ4v) is 4.45. The summed E-state index contributed by atoms with van der Waals surface area (Å²) >= 11 is 4.48. The summed E-state index contributed by atoms with van der Waals surface area (Å²) in [6.45, 7) is 3.60. The van der Waals surface area contributed by atoms with Gasteiger partial charge in [0, 0.05) is 21.4 Å². The van der Waals surface area contributed by atoms with E-state index in [0.29, 0.717) is 0 Å². The number of ether oxygens (including phenoxy) is 2. The van der Waals surface area contributed by atoms with Gasteiger partial charge in [-0.3, -0.25) is 0 Å². The maximum absolute atomic E-state index is 5.63. The van der Waals surface area contributed by atoms with E-state index >= 15 is 0 Å². The topological polar surface area (TPSA) is 18.5 Å². The molecular formula is C14H14I2O2. The summed E-state index contributed by atoms with van der Waals surface area (Å²) in [6, 6.07) is 0. The van der Waals surface area contributed by atoms with Crippen LogP contribution in [0.5, 0.6) is 0 Å². The Hall–Kier alpha value is -0.0200. The zero-order valence-corrected chi connectivity index (χ0v) is 15.0. The van der Waals surface area contributed by atoms with Crippen LogP contribution >= 0.6 is 45.2 Å². The standard InChI is InChI=1S/C14H14I2O2/c1-5-7-13(17-3)9-11(15)14(18-4,8-6-2)12(16)10-13/h9-10H,1-4H3. The molecule has 96 valence electrons. The van der Waals surface area contributed by atoms with E-state index in [-0.39, 0.29) is 0 Å². The van der Waals surface area contributed by atoms with Crippen LogP contribution in [0.2, 0.25) is 0 Å². The maximum atomic E-state index is 5.63. The number of hydrogen-bond donors (Lipinski definition) is 0. The fourth-order valence-electron chi connectivity index (χ4n) is 1.71. The fraction of sp³-hybridized carbons (Fsp3) is 0.429. The lowest BCUT2D eigenvalue weighted by Crippen LogP contribution is -2.39. The molecule has 0 heterocycles. The Bertz CT molecular complexity index is 489. The predicted octanol–water partition coefficient (Wildman–Crippen LogP) is 3.45. The highest BCUT2D eigenvalue weighted by Gasteiger charge is 2.42. The van der Waals surface area contributed by atoms with Crippen LogP contribution in [-0.2, 0) is 9.47 Å². The molecular weight excluding hydrogens is 454 g/mol. The highest BCUT2D eigenvalue weighted by Crippen LogP contribution is 2.43. The molecule has 0 bridgehead atoms. The summed E-state index contributed by atoms with van der Waals surface area (Å²) in [6.07, 6.45) is 3.92. The smallest absolute Gasteiger partial charge is 0.190 e. The van der Waals surface area contributed by atoms with Crippen molar-refractivity contribution in [2.45, 2.75) is 25.0 Å². The first-order chi connectivity index (χ1) is 8.50. The summed E-state index contributed by atoms with van der Waals surface area (Å²) in [5.74, 6) is 12.0. The summed E-state index contributed by atoms with van der Waals surface area (Å²) in [4.78, 5) is 0. The lowest BCUT2D eigenvalue weighted by Gasteiger charge is -2.35. The Morgan fingerprint density at radius 2 is 1.44 bits per heavy atom. The van der Waals surface area contributed by atoms with Gasteiger partial charge in [-0.05, 0) is 71.2 Å². The van der Waals surface area contributed by atoms with E-state index in [9.17, 15) is 0 Å². The molecule has 0 atom stereocenters. The van der Waals surface area contributed by atoms with Crippen LogP contribution in [0.1, 0.15) is 13.8 Å². The molecule has 4 heteroatoms. The average Bonchev–Trinajstić information content (AvgIpc) is 2.34. The highest BCUT2D eigenvalue weighted by atomic mass is 127. The third kappa shape index (κ3) is 2.77. The van der Waals surface area contributed by atoms with E-state index in [1.165, 1.54) is 0 Å². The maximum Gasteiger partial charge on any atom is 0.190 e. The van der Waals surface area contributed by atoms with Crippen LogP contribution in [0.15, 0.2) is 19.3 Å². The molecule has 18 heavy (non-hydrogen) atoms. The van der Waals surface area contributed by atoms with Crippen LogP contribution in [0.3, 0.4) is 0 Å². The van der Waals surface area contributed by atoms with Gasteiger partial charge in [0.2, 0.25) is 0 Å². The molecule has 0 aliphatic heterocycles. The van der Waals surface area contributed by atoms with Crippen molar-refractivity contribution in [3.05, 3.63) is 19.3 Å². The van der Waals surface area contributed by atoms with Gasteiger partial charge >= 0.3 is 0 Å². The molecule has 0 N–H and O–H groups in total. The molecule has 1 rings (SSSR count). The van der Waals surface area contributed by atoms with Crippen molar-refractivity contribution >= 4 is 45.2 Å². The van der Waals surface area contributed by atoms with Gasteiger partial charge in [0.1, 0.15) is 0 Å². The number of rotatable bonds is 2. The summed E-state index contributed by atoms with van der Waals surface area (Å²) < 4.78 is 13.1. The third-order valence-electron chi connectivity index (χ3n) is 2.62. The molecule has 0 aromatic heterocycles. The SMILES string of the molecule is CC#CC1(OC)C=C(I)C(C#CC)(OC)C(I)=C1. The zero-order valence-electron chi connectivity index (χ0n) is 10.7. The lowest BCUT2D eigenvalue weighted by molar-refractivity contribution is 0.0930. The van der Waals surface area contributed by atoms with Gasteiger partial charge < -0.3 is 9.47 Å². The number of hydrogen-bond acceptors (Lipinski definition) is 2. The minimum atomic E-state index is -0.681. The Kier molecular flexibility index (Phi) is 5.72. The molecule has 0 aromatic carbocycles. The second-order valence-corrected chi connectivity index (χ2v) is 5.94. The Labute approximate surface area is 136 Å². The van der Waals surface area contributed by atoms with Crippen LogP contribution in [0.25, 0.3) is 0 Å². The minimum absolute atomic E-state index is 0.673. The normalized spacial score (nSPS) is 30.3. The second-order valence-electron chi connectivity index (χ2n) is 3.62. The molecule has 1 aliphatic rings. The molecule has 0 spiro atoms. The van der Waals surface area contributed by atoms with Crippen LogP contribution < -0.4 is 0 Å². The summed E-state index contributed by atoms with van der Waals surface area (Å²) in [5.41, 5.74) is -1.35. The van der Waals surface area contributed by atoms with Crippen molar-refractivity contribution in [3.8, 4) is 23.7 Å². The Morgan fingerprint density at radius 1 is 0.944 bits per heavy atom. The van der Waals surface area contributed by atoms with Gasteiger partial charge in [-0.2, -0.15) is 0 Å². The van der Waals surface area contributed by atoms with Crippen molar-refractivity contribution in [1.29, 1.82) is 0 Å². The number of methoxy groups -OCH3 is 2. The van der Waals surface area contributed by atoms with Crippen molar-refractivity contribution in [2.75, 3.05) is 14.2 Å². The molecule has 2 nitrogen and oxygen atoms in total. The molecule has 0 radical (unpaired) electrons. The van der Waals surface area contributed by atoms with E-state index in [1.54, 1.807) is 28.1 Å². The Morgan fingerprint density at radius 3 is 1.78 bits per heavy atom. The molecule has 0 unspecified atom stereocenters. The first kappa shape index (κ1) is 16.0. The van der Waals surface area contributed by atoms with Gasteiger partial charge in [-0.15, -0.1) is 11.8 Å². The van der Waals surface area contributed by atoms with Gasteiger partial charge in [0.15, 0.2) is 11.2 Å². The quantitative estimate of drug-likeness (QED) is 0.457. The average molecular weight is 468 g/mol. The van der Waals surface area contributed by atoms with Crippen LogP contribution in [0, 0.1) is 23.7 Å². The molecule has 0 fully saturated rings. The van der Waals surface area contributed by atoms with Crippen molar-refractivity contribution in [3.63, 3.8) is 0 Å². The third-order valence-corrected chi connectivity index (χ3v) is 4.76. The minimum Gasteiger partial charge on any atom is -0.358 e. The van der Waals surface area contributed by atoms with E-state index < -0.39 is 11.2 Å². The lowest BCUT2D eigenvalue weighted by atomic mass is 9.89. The van der Waals surface area contributed by atoms with Crippen molar-refractivity contribution in [1.82, 2.24) is 0 Å². The van der Waals surface area contributed by atoms with E-state index in [2.05, 4.69) is 68.9 Å². The summed E-state index contributed by atoms with van der Waals surface area (Å²) in [7, 11) is 3.31. The van der Waals surface area contributed by atoms with Crippen LogP contribution in [0.4, 0.5) is 0 Å². The van der Waals surface area contributed by atoms with Gasteiger partial charge in [0.05, 0.1) is 0 Å². The second kappa shape index (κ2) is 6.42. The Balaban J connectivity index is 3.43. The van der Waals surface area contributed by atoms with Crippen molar-refractivity contribution < 1.29 is 9.47 Å². The van der Waals surface area contributed by atoms with E-state index in [4.69, 9.17) is 9.47 Å². The molecule has 1 aliphatic carbocycles. The van der Waals surface area contributed by atoms with Gasteiger partial charge in [0.25, 0.3) is 0 Å². The molecule has 0 saturated carbocycles. The van der Waals surface area contributed by atoms with E-state index in [1.807, 2.05) is 12.2 Å². The van der Waals surface area contributed by atoms with Gasteiger partial charge in [-0.25, -0.2) is 0 Å². The zero-order chi connectivity index (χ0) is 13.8. The largest absolute Gasteiger partial charge is 0.358 e. The first-order valence-electron chi connectivity index (χ1n) is 5.26.